The lowest BCUT2D eigenvalue weighted by molar-refractivity contribution is 0.502. The van der Waals surface area contributed by atoms with E-state index in [0.717, 1.165) is 37.4 Å². The fourth-order valence-electron chi connectivity index (χ4n) is 1.78. The van der Waals surface area contributed by atoms with Crippen LogP contribution in [0.1, 0.15) is 18.5 Å². The van der Waals surface area contributed by atoms with E-state index in [9.17, 15) is 0 Å². The molecule has 1 fully saturated rings. The summed E-state index contributed by atoms with van der Waals surface area (Å²) in [5.74, 6) is 0.950. The highest BCUT2D eigenvalue weighted by Crippen LogP contribution is 2.15. The van der Waals surface area contributed by atoms with Crippen molar-refractivity contribution < 1.29 is 0 Å². The molecule has 1 aromatic heterocycles. The van der Waals surface area contributed by atoms with Crippen LogP contribution in [-0.4, -0.2) is 29.3 Å². The van der Waals surface area contributed by atoms with Crippen molar-refractivity contribution in [1.82, 2.24) is 10.2 Å². The maximum Gasteiger partial charge on any atom is 0.151 e. The Kier molecular flexibility index (Phi) is 4.29. The van der Waals surface area contributed by atoms with Crippen molar-refractivity contribution in [2.24, 2.45) is 5.73 Å². The van der Waals surface area contributed by atoms with E-state index in [0.29, 0.717) is 0 Å². The standard InChI is InChI=1S/C10H16N4.ClH/c1-8-4-5-10(13-12-8)14-6-2-3-9(11)7-14;/h4-5,9H,2-3,6-7,11H2,1H3;1H. The van der Waals surface area contributed by atoms with Crippen molar-refractivity contribution >= 4 is 18.2 Å². The molecule has 2 heterocycles. The maximum atomic E-state index is 5.90. The van der Waals surface area contributed by atoms with Crippen LogP contribution in [0.2, 0.25) is 0 Å². The van der Waals surface area contributed by atoms with E-state index in [1.54, 1.807) is 0 Å². The fourth-order valence-corrected chi connectivity index (χ4v) is 1.78. The SMILES string of the molecule is Cc1ccc(N2CCCC(N)C2)nn1.Cl. The number of hydrogen-bond acceptors (Lipinski definition) is 4. The second-order valence-electron chi connectivity index (χ2n) is 3.88. The second-order valence-corrected chi connectivity index (χ2v) is 3.88. The molecule has 0 aliphatic carbocycles. The molecule has 2 N–H and O–H groups in total. The largest absolute Gasteiger partial charge is 0.354 e. The molecule has 1 aliphatic rings. The Morgan fingerprint density at radius 2 is 2.20 bits per heavy atom. The third-order valence-electron chi connectivity index (χ3n) is 2.57. The molecule has 1 atom stereocenters. The predicted octanol–water partition coefficient (Wildman–Crippen LogP) is 1.13. The highest BCUT2D eigenvalue weighted by atomic mass is 35.5. The van der Waals surface area contributed by atoms with E-state index < -0.39 is 0 Å². The van der Waals surface area contributed by atoms with Crippen molar-refractivity contribution in [3.05, 3.63) is 17.8 Å². The number of aromatic nitrogens is 2. The van der Waals surface area contributed by atoms with Gasteiger partial charge in [0.1, 0.15) is 0 Å². The lowest BCUT2D eigenvalue weighted by atomic mass is 10.1. The number of halogens is 1. The van der Waals surface area contributed by atoms with Gasteiger partial charge in [-0.3, -0.25) is 0 Å². The normalized spacial score (nSPS) is 20.9. The number of nitrogens with zero attached hydrogens (tertiary/aromatic N) is 3. The number of hydrogen-bond donors (Lipinski definition) is 1. The van der Waals surface area contributed by atoms with Gasteiger partial charge >= 0.3 is 0 Å². The van der Waals surface area contributed by atoms with Crippen LogP contribution in [0.5, 0.6) is 0 Å². The molecule has 0 radical (unpaired) electrons. The van der Waals surface area contributed by atoms with Crippen LogP contribution in [0.25, 0.3) is 0 Å². The first-order chi connectivity index (χ1) is 6.75. The smallest absolute Gasteiger partial charge is 0.151 e. The molecule has 5 heteroatoms. The first kappa shape index (κ1) is 12.2. The average Bonchev–Trinajstić information content (AvgIpc) is 2.19. The van der Waals surface area contributed by atoms with Gasteiger partial charge in [-0.2, -0.15) is 5.10 Å². The lowest BCUT2D eigenvalue weighted by Crippen LogP contribution is -2.43. The first-order valence-corrected chi connectivity index (χ1v) is 5.06. The molecule has 2 rings (SSSR count). The summed E-state index contributed by atoms with van der Waals surface area (Å²) >= 11 is 0. The Labute approximate surface area is 96.3 Å². The van der Waals surface area contributed by atoms with Crippen LogP contribution in [0.15, 0.2) is 12.1 Å². The molecule has 1 aromatic rings. The van der Waals surface area contributed by atoms with E-state index in [2.05, 4.69) is 15.1 Å². The molecule has 1 unspecified atom stereocenters. The Hall–Kier alpha value is -0.870. The summed E-state index contributed by atoms with van der Waals surface area (Å²) < 4.78 is 0. The molecule has 0 aromatic carbocycles. The molecule has 0 spiro atoms. The minimum Gasteiger partial charge on any atom is -0.354 e. The maximum absolute atomic E-state index is 5.90. The summed E-state index contributed by atoms with van der Waals surface area (Å²) in [7, 11) is 0. The highest BCUT2D eigenvalue weighted by Gasteiger charge is 2.17. The second kappa shape index (κ2) is 5.28. The Morgan fingerprint density at radius 3 is 2.80 bits per heavy atom. The van der Waals surface area contributed by atoms with Gasteiger partial charge in [0.05, 0.1) is 5.69 Å². The average molecular weight is 229 g/mol. The van der Waals surface area contributed by atoms with Crippen molar-refractivity contribution in [2.45, 2.75) is 25.8 Å². The van der Waals surface area contributed by atoms with E-state index >= 15 is 0 Å². The molecule has 84 valence electrons. The fraction of sp³-hybridized carbons (Fsp3) is 0.600. The van der Waals surface area contributed by atoms with Crippen LogP contribution in [0, 0.1) is 6.92 Å². The van der Waals surface area contributed by atoms with Crippen LogP contribution in [-0.2, 0) is 0 Å². The number of aryl methyl sites for hydroxylation is 1. The van der Waals surface area contributed by atoms with Gasteiger partial charge in [0.25, 0.3) is 0 Å². The minimum atomic E-state index is 0. The molecule has 0 saturated carbocycles. The summed E-state index contributed by atoms with van der Waals surface area (Å²) in [6.07, 6.45) is 2.27. The number of piperidine rings is 1. The quantitative estimate of drug-likeness (QED) is 0.783. The molecule has 0 amide bonds. The highest BCUT2D eigenvalue weighted by molar-refractivity contribution is 5.85. The van der Waals surface area contributed by atoms with Gasteiger partial charge in [-0.1, -0.05) is 0 Å². The Bertz CT molecular complexity index is 301. The van der Waals surface area contributed by atoms with Gasteiger partial charge in [-0.25, -0.2) is 0 Å². The zero-order chi connectivity index (χ0) is 9.97. The summed E-state index contributed by atoms with van der Waals surface area (Å²) in [6.45, 7) is 3.89. The number of rotatable bonds is 1. The minimum absolute atomic E-state index is 0. The van der Waals surface area contributed by atoms with Crippen LogP contribution < -0.4 is 10.6 Å². The monoisotopic (exact) mass is 228 g/mol. The zero-order valence-corrected chi connectivity index (χ0v) is 9.70. The third kappa shape index (κ3) is 3.04. The van der Waals surface area contributed by atoms with E-state index in [-0.39, 0.29) is 18.4 Å². The lowest BCUT2D eigenvalue weighted by Gasteiger charge is -2.31. The molecule has 0 bridgehead atoms. The van der Waals surface area contributed by atoms with Crippen molar-refractivity contribution in [1.29, 1.82) is 0 Å². The number of anilines is 1. The predicted molar refractivity (Wildman–Crippen MR) is 63.4 cm³/mol. The van der Waals surface area contributed by atoms with Gasteiger partial charge in [-0.15, -0.1) is 17.5 Å². The van der Waals surface area contributed by atoms with Gasteiger partial charge in [0.2, 0.25) is 0 Å². The van der Waals surface area contributed by atoms with Crippen LogP contribution in [0.3, 0.4) is 0 Å². The Morgan fingerprint density at radius 1 is 1.40 bits per heavy atom. The molecule has 1 saturated heterocycles. The summed E-state index contributed by atoms with van der Waals surface area (Å²) in [5.41, 5.74) is 6.86. The van der Waals surface area contributed by atoms with Gasteiger partial charge < -0.3 is 10.6 Å². The van der Waals surface area contributed by atoms with Crippen LogP contribution in [0.4, 0.5) is 5.82 Å². The topological polar surface area (TPSA) is 55.0 Å². The number of nitrogens with two attached hydrogens (primary N) is 1. The van der Waals surface area contributed by atoms with Crippen molar-refractivity contribution in [3.8, 4) is 0 Å². The van der Waals surface area contributed by atoms with Crippen molar-refractivity contribution in [2.75, 3.05) is 18.0 Å². The van der Waals surface area contributed by atoms with E-state index in [4.69, 9.17) is 5.73 Å². The molecule has 4 nitrogen and oxygen atoms in total. The van der Waals surface area contributed by atoms with Gasteiger partial charge in [0, 0.05) is 19.1 Å². The van der Waals surface area contributed by atoms with Gasteiger partial charge in [-0.05, 0) is 31.9 Å². The first-order valence-electron chi connectivity index (χ1n) is 5.06. The summed E-state index contributed by atoms with van der Waals surface area (Å²) in [4.78, 5) is 2.21. The zero-order valence-electron chi connectivity index (χ0n) is 8.89. The summed E-state index contributed by atoms with van der Waals surface area (Å²) in [6, 6.07) is 4.29. The summed E-state index contributed by atoms with van der Waals surface area (Å²) in [5, 5.41) is 8.20. The third-order valence-corrected chi connectivity index (χ3v) is 2.57. The van der Waals surface area contributed by atoms with E-state index in [1.165, 1.54) is 0 Å². The van der Waals surface area contributed by atoms with Gasteiger partial charge in [0.15, 0.2) is 5.82 Å². The Balaban J connectivity index is 0.00000112. The van der Waals surface area contributed by atoms with E-state index in [1.807, 2.05) is 19.1 Å². The van der Waals surface area contributed by atoms with Crippen LogP contribution >= 0.6 is 12.4 Å². The molecule has 15 heavy (non-hydrogen) atoms. The van der Waals surface area contributed by atoms with Crippen molar-refractivity contribution in [3.63, 3.8) is 0 Å². The molecular formula is C10H17ClN4. The molecule has 1 aliphatic heterocycles. The molecular weight excluding hydrogens is 212 g/mol.